The fourth-order valence-electron chi connectivity index (χ4n) is 2.62. The van der Waals surface area contributed by atoms with Gasteiger partial charge in [0.2, 0.25) is 0 Å². The summed E-state index contributed by atoms with van der Waals surface area (Å²) in [6, 6.07) is 12.9. The first-order valence-electron chi connectivity index (χ1n) is 6.96. The van der Waals surface area contributed by atoms with Crippen molar-refractivity contribution in [1.29, 1.82) is 0 Å². The van der Waals surface area contributed by atoms with Gasteiger partial charge in [-0.05, 0) is 34.9 Å². The Balaban J connectivity index is 1.66. The minimum Gasteiger partial charge on any atom is -0.508 e. The van der Waals surface area contributed by atoms with Crippen molar-refractivity contribution in [3.63, 3.8) is 0 Å². The molecule has 0 spiro atoms. The molecule has 0 saturated heterocycles. The maximum Gasteiger partial charge on any atom is 0.141 e. The Morgan fingerprint density at radius 2 is 1.76 bits per heavy atom. The molecule has 2 aromatic rings. The second kappa shape index (κ2) is 5.44. The zero-order chi connectivity index (χ0) is 14.8. The lowest BCUT2D eigenvalue weighted by Gasteiger charge is -2.05. The molecule has 1 aliphatic heterocycles. The van der Waals surface area contributed by atoms with Crippen LogP contribution >= 0.6 is 0 Å². The highest BCUT2D eigenvalue weighted by atomic mass is 16.3. The number of hydrogen-bond donors (Lipinski definition) is 2. The topological polar surface area (TPSA) is 49.3 Å². The highest BCUT2D eigenvalue weighted by Gasteiger charge is 2.14. The van der Waals surface area contributed by atoms with Crippen molar-refractivity contribution in [2.45, 2.75) is 19.3 Å². The number of rotatable bonds is 4. The van der Waals surface area contributed by atoms with Crippen molar-refractivity contribution in [2.24, 2.45) is 0 Å². The van der Waals surface area contributed by atoms with Gasteiger partial charge in [-0.3, -0.25) is 4.79 Å². The molecule has 106 valence electrons. The molecule has 3 nitrogen and oxygen atoms in total. The van der Waals surface area contributed by atoms with Crippen LogP contribution in [0, 0.1) is 0 Å². The molecule has 0 aliphatic carbocycles. The number of benzene rings is 2. The number of nitrogens with one attached hydrogen (secondary N) is 1. The molecule has 0 unspecified atom stereocenters. The van der Waals surface area contributed by atoms with Gasteiger partial charge in [0.15, 0.2) is 0 Å². The second-order valence-corrected chi connectivity index (χ2v) is 5.46. The number of fused-ring (bicyclic) bond motifs is 1. The fourth-order valence-corrected chi connectivity index (χ4v) is 2.62. The highest BCUT2D eigenvalue weighted by Crippen LogP contribution is 2.28. The summed E-state index contributed by atoms with van der Waals surface area (Å²) in [5.74, 6) is 0.392. The van der Waals surface area contributed by atoms with Gasteiger partial charge in [0.25, 0.3) is 0 Å². The van der Waals surface area contributed by atoms with Gasteiger partial charge in [0.05, 0.1) is 0 Å². The van der Waals surface area contributed by atoms with E-state index in [1.54, 1.807) is 24.3 Å². The molecule has 2 N–H and O–H groups in total. The van der Waals surface area contributed by atoms with Crippen molar-refractivity contribution >= 4 is 11.5 Å². The van der Waals surface area contributed by atoms with Gasteiger partial charge in [0, 0.05) is 30.6 Å². The maximum absolute atomic E-state index is 12.1. The molecule has 1 aliphatic rings. The van der Waals surface area contributed by atoms with Crippen molar-refractivity contribution in [3.8, 4) is 5.75 Å². The van der Waals surface area contributed by atoms with E-state index in [9.17, 15) is 9.90 Å². The molecule has 0 aromatic heterocycles. The smallest absolute Gasteiger partial charge is 0.141 e. The standard InChI is InChI=1S/C18H17NO2/c1-12-8-15-9-14(4-7-18(15)19-12)11-17(21)10-13-2-5-16(20)6-3-13/h2-7,9,19-20H,1,8,10-11H2. The van der Waals surface area contributed by atoms with Crippen LogP contribution in [0.5, 0.6) is 5.75 Å². The molecule has 2 aromatic carbocycles. The van der Waals surface area contributed by atoms with Gasteiger partial charge in [-0.15, -0.1) is 0 Å². The molecule has 0 atom stereocenters. The second-order valence-electron chi connectivity index (χ2n) is 5.46. The van der Waals surface area contributed by atoms with Crippen LogP contribution in [0.25, 0.3) is 0 Å². The van der Waals surface area contributed by atoms with Crippen LogP contribution in [0.15, 0.2) is 54.7 Å². The first-order chi connectivity index (χ1) is 10.1. The lowest BCUT2D eigenvalue weighted by Crippen LogP contribution is -2.06. The van der Waals surface area contributed by atoms with E-state index in [1.807, 2.05) is 12.1 Å². The molecule has 1 heterocycles. The number of carbonyl (C=O) groups excluding carboxylic acids is 1. The Labute approximate surface area is 123 Å². The molecule has 21 heavy (non-hydrogen) atoms. The summed E-state index contributed by atoms with van der Waals surface area (Å²) < 4.78 is 0. The molecule has 3 heteroatoms. The fraction of sp³-hybridized carbons (Fsp3) is 0.167. The average molecular weight is 279 g/mol. The number of allylic oxidation sites excluding steroid dienone is 1. The summed E-state index contributed by atoms with van der Waals surface area (Å²) in [5.41, 5.74) is 5.25. The number of phenols is 1. The zero-order valence-corrected chi connectivity index (χ0v) is 11.7. The van der Waals surface area contributed by atoms with Crippen molar-refractivity contribution < 1.29 is 9.90 Å². The Morgan fingerprint density at radius 3 is 2.52 bits per heavy atom. The number of anilines is 1. The predicted molar refractivity (Wildman–Crippen MR) is 83.4 cm³/mol. The summed E-state index contributed by atoms with van der Waals surface area (Å²) in [4.78, 5) is 12.1. The normalized spacial score (nSPS) is 12.9. The number of ketones is 1. The Kier molecular flexibility index (Phi) is 3.48. The molecule has 0 amide bonds. The highest BCUT2D eigenvalue weighted by molar-refractivity contribution is 5.83. The lowest BCUT2D eigenvalue weighted by molar-refractivity contribution is -0.117. The molecular weight excluding hydrogens is 262 g/mol. The average Bonchev–Trinajstić information content (AvgIpc) is 2.80. The minimum atomic E-state index is 0.172. The third-order valence-corrected chi connectivity index (χ3v) is 3.62. The summed E-state index contributed by atoms with van der Waals surface area (Å²) in [7, 11) is 0. The number of aromatic hydroxyl groups is 1. The largest absolute Gasteiger partial charge is 0.508 e. The molecule has 0 saturated carbocycles. The first kappa shape index (κ1) is 13.4. The summed E-state index contributed by atoms with van der Waals surface area (Å²) in [5, 5.41) is 12.5. The quantitative estimate of drug-likeness (QED) is 0.903. The monoisotopic (exact) mass is 279 g/mol. The molecule has 0 radical (unpaired) electrons. The van der Waals surface area contributed by atoms with Crippen molar-refractivity contribution in [2.75, 3.05) is 5.32 Å². The van der Waals surface area contributed by atoms with Crippen LogP contribution in [0.3, 0.4) is 0 Å². The summed E-state index contributed by atoms with van der Waals surface area (Å²) in [6.07, 6.45) is 1.65. The Hall–Kier alpha value is -2.55. The third kappa shape index (κ3) is 3.14. The van der Waals surface area contributed by atoms with Crippen molar-refractivity contribution in [1.82, 2.24) is 0 Å². The van der Waals surface area contributed by atoms with Crippen molar-refractivity contribution in [3.05, 3.63) is 71.4 Å². The molecule has 3 rings (SSSR count). The first-order valence-corrected chi connectivity index (χ1v) is 6.96. The van der Waals surface area contributed by atoms with E-state index < -0.39 is 0 Å². The van der Waals surface area contributed by atoms with Crippen LogP contribution in [0.4, 0.5) is 5.69 Å². The van der Waals surface area contributed by atoms with Crippen LogP contribution in [0.1, 0.15) is 16.7 Å². The van der Waals surface area contributed by atoms with E-state index in [0.717, 1.165) is 28.9 Å². The van der Waals surface area contributed by atoms with Gasteiger partial charge >= 0.3 is 0 Å². The Bertz CT molecular complexity index is 702. The SMILES string of the molecule is C=C1Cc2cc(CC(=O)Cc3ccc(O)cc3)ccc2N1. The number of phenolic OH excluding ortho intramolecular Hbond substituents is 1. The number of hydrogen-bond acceptors (Lipinski definition) is 3. The molecular formula is C18H17NO2. The van der Waals surface area contributed by atoms with Crippen LogP contribution in [-0.2, 0) is 24.1 Å². The number of Topliss-reactive ketones (excluding diaryl/α,β-unsaturated/α-hetero) is 1. The van der Waals surface area contributed by atoms with E-state index in [-0.39, 0.29) is 11.5 Å². The van der Waals surface area contributed by atoms with Crippen LogP contribution < -0.4 is 5.32 Å². The van der Waals surface area contributed by atoms with Gasteiger partial charge in [0.1, 0.15) is 11.5 Å². The van der Waals surface area contributed by atoms with E-state index in [4.69, 9.17) is 0 Å². The Morgan fingerprint density at radius 1 is 1.10 bits per heavy atom. The van der Waals surface area contributed by atoms with E-state index in [1.165, 1.54) is 5.56 Å². The van der Waals surface area contributed by atoms with Gasteiger partial charge in [-0.2, -0.15) is 0 Å². The molecule has 0 bridgehead atoms. The summed E-state index contributed by atoms with van der Waals surface area (Å²) >= 11 is 0. The van der Waals surface area contributed by atoms with E-state index in [0.29, 0.717) is 12.8 Å². The summed E-state index contributed by atoms with van der Waals surface area (Å²) in [6.45, 7) is 3.92. The number of carbonyl (C=O) groups is 1. The van der Waals surface area contributed by atoms with E-state index in [2.05, 4.69) is 18.0 Å². The lowest BCUT2D eigenvalue weighted by atomic mass is 10.0. The third-order valence-electron chi connectivity index (χ3n) is 3.62. The minimum absolute atomic E-state index is 0.172. The van der Waals surface area contributed by atoms with Gasteiger partial charge < -0.3 is 10.4 Å². The van der Waals surface area contributed by atoms with Gasteiger partial charge in [-0.25, -0.2) is 0 Å². The van der Waals surface area contributed by atoms with Crippen LogP contribution in [0.2, 0.25) is 0 Å². The zero-order valence-electron chi connectivity index (χ0n) is 11.7. The maximum atomic E-state index is 12.1. The van der Waals surface area contributed by atoms with E-state index >= 15 is 0 Å². The van der Waals surface area contributed by atoms with Gasteiger partial charge in [-0.1, -0.05) is 30.8 Å². The molecule has 0 fully saturated rings. The predicted octanol–water partition coefficient (Wildman–Crippen LogP) is 3.23. The van der Waals surface area contributed by atoms with Crippen LogP contribution in [-0.4, -0.2) is 10.9 Å².